The first-order valence-corrected chi connectivity index (χ1v) is 8.50. The third-order valence-corrected chi connectivity index (χ3v) is 4.22. The second kappa shape index (κ2) is 8.94. The summed E-state index contributed by atoms with van der Waals surface area (Å²) in [6.07, 6.45) is -2.69. The highest BCUT2D eigenvalue weighted by molar-refractivity contribution is 5.79. The van der Waals surface area contributed by atoms with Crippen LogP contribution >= 0.6 is 0 Å². The molecule has 2 aromatic rings. The summed E-state index contributed by atoms with van der Waals surface area (Å²) in [4.78, 5) is 8.15. The van der Waals surface area contributed by atoms with Crippen molar-refractivity contribution in [2.45, 2.75) is 18.8 Å². The van der Waals surface area contributed by atoms with Crippen molar-refractivity contribution in [3.05, 3.63) is 59.5 Å². The molecule has 148 valence electrons. The van der Waals surface area contributed by atoms with Crippen LogP contribution in [0.2, 0.25) is 0 Å². The highest BCUT2D eigenvalue weighted by atomic mass is 19.4. The van der Waals surface area contributed by atoms with Crippen molar-refractivity contribution < 1.29 is 17.6 Å². The van der Waals surface area contributed by atoms with E-state index in [1.54, 1.807) is 13.3 Å². The van der Waals surface area contributed by atoms with Crippen LogP contribution in [-0.4, -0.2) is 50.5 Å². The first-order chi connectivity index (χ1) is 12.7. The fraction of sp³-hybridized carbons (Fsp3) is 0.421. The molecule has 0 spiro atoms. The smallest absolute Gasteiger partial charge is 0.416 e. The summed E-state index contributed by atoms with van der Waals surface area (Å²) in [5.74, 6) is 1.49. The number of likely N-dealkylation sites (N-methyl/N-ethyl adjacent to an activating group) is 1. The maximum Gasteiger partial charge on any atom is 0.416 e. The number of hydrogen-bond donors (Lipinski definition) is 1. The summed E-state index contributed by atoms with van der Waals surface area (Å²) in [6.45, 7) is 1.01. The molecule has 0 bridgehead atoms. The van der Waals surface area contributed by atoms with Gasteiger partial charge < -0.3 is 14.6 Å². The summed E-state index contributed by atoms with van der Waals surface area (Å²) < 4.78 is 43.5. The Bertz CT molecular complexity index is 724. The Morgan fingerprint density at radius 2 is 1.81 bits per heavy atom. The van der Waals surface area contributed by atoms with Gasteiger partial charge in [0, 0.05) is 27.2 Å². The van der Waals surface area contributed by atoms with E-state index in [1.807, 2.05) is 43.1 Å². The number of halogens is 3. The molecule has 0 aliphatic rings. The van der Waals surface area contributed by atoms with Crippen LogP contribution in [0.4, 0.5) is 13.2 Å². The standard InChI is InChI=1S/C19H25F3N4O/c1-23-18(24-12-16(25(2)3)17-6-5-11-27-17)26(4)13-14-7-9-15(10-8-14)19(20,21)22/h5-11,16H,12-13H2,1-4H3,(H,23,24). The van der Waals surface area contributed by atoms with Gasteiger partial charge in [-0.1, -0.05) is 12.1 Å². The van der Waals surface area contributed by atoms with Gasteiger partial charge in [-0.05, 0) is 43.9 Å². The van der Waals surface area contributed by atoms with Crippen molar-refractivity contribution in [1.29, 1.82) is 0 Å². The first kappa shape index (κ1) is 20.8. The fourth-order valence-corrected chi connectivity index (χ4v) is 2.74. The molecule has 0 amide bonds. The maximum atomic E-state index is 12.7. The third kappa shape index (κ3) is 5.75. The number of guanidine groups is 1. The Hall–Kier alpha value is -2.48. The Kier molecular flexibility index (Phi) is 6.90. The molecule has 8 heteroatoms. The minimum Gasteiger partial charge on any atom is -0.468 e. The average molecular weight is 382 g/mol. The van der Waals surface area contributed by atoms with Crippen LogP contribution in [0, 0.1) is 0 Å². The fourth-order valence-electron chi connectivity index (χ4n) is 2.74. The molecule has 1 atom stereocenters. The second-order valence-corrected chi connectivity index (χ2v) is 6.47. The lowest BCUT2D eigenvalue weighted by Crippen LogP contribution is -2.42. The molecule has 0 fully saturated rings. The third-order valence-electron chi connectivity index (χ3n) is 4.22. The molecule has 1 N–H and O–H groups in total. The van der Waals surface area contributed by atoms with Gasteiger partial charge in [0.05, 0.1) is 17.9 Å². The van der Waals surface area contributed by atoms with Crippen LogP contribution in [0.25, 0.3) is 0 Å². The molecule has 0 radical (unpaired) electrons. The second-order valence-electron chi connectivity index (χ2n) is 6.47. The number of nitrogens with one attached hydrogen (secondary N) is 1. The van der Waals surface area contributed by atoms with Crippen molar-refractivity contribution in [2.24, 2.45) is 4.99 Å². The minimum absolute atomic E-state index is 0.0243. The van der Waals surface area contributed by atoms with Gasteiger partial charge in [-0.15, -0.1) is 0 Å². The zero-order valence-corrected chi connectivity index (χ0v) is 15.9. The number of alkyl halides is 3. The van der Waals surface area contributed by atoms with E-state index in [9.17, 15) is 13.2 Å². The van der Waals surface area contributed by atoms with Crippen molar-refractivity contribution in [3.63, 3.8) is 0 Å². The van der Waals surface area contributed by atoms with Crippen LogP contribution in [-0.2, 0) is 12.7 Å². The summed E-state index contributed by atoms with van der Waals surface area (Å²) in [5.41, 5.74) is 0.118. The normalized spacial score (nSPS) is 13.7. The zero-order valence-electron chi connectivity index (χ0n) is 15.9. The molecule has 1 aromatic carbocycles. The molecular weight excluding hydrogens is 357 g/mol. The van der Waals surface area contributed by atoms with E-state index in [0.717, 1.165) is 23.5 Å². The van der Waals surface area contributed by atoms with E-state index in [1.165, 1.54) is 12.1 Å². The lowest BCUT2D eigenvalue weighted by molar-refractivity contribution is -0.137. The summed E-state index contributed by atoms with van der Waals surface area (Å²) in [5, 5.41) is 3.29. The van der Waals surface area contributed by atoms with E-state index < -0.39 is 11.7 Å². The molecule has 2 rings (SSSR count). The summed E-state index contributed by atoms with van der Waals surface area (Å²) >= 11 is 0. The van der Waals surface area contributed by atoms with Crippen molar-refractivity contribution in [2.75, 3.05) is 34.7 Å². The predicted molar refractivity (Wildman–Crippen MR) is 99.4 cm³/mol. The Labute approximate surface area is 157 Å². The first-order valence-electron chi connectivity index (χ1n) is 8.50. The Morgan fingerprint density at radius 3 is 2.30 bits per heavy atom. The SMILES string of the molecule is CN=C(NCC(c1ccco1)N(C)C)N(C)Cc1ccc(C(F)(F)F)cc1. The molecule has 5 nitrogen and oxygen atoms in total. The van der Waals surface area contributed by atoms with Gasteiger partial charge in [-0.2, -0.15) is 13.2 Å². The van der Waals surface area contributed by atoms with Crippen molar-refractivity contribution in [1.82, 2.24) is 15.1 Å². The van der Waals surface area contributed by atoms with Gasteiger partial charge in [-0.3, -0.25) is 9.89 Å². The van der Waals surface area contributed by atoms with Crippen LogP contribution in [0.1, 0.15) is 22.9 Å². The molecule has 1 heterocycles. The van der Waals surface area contributed by atoms with Gasteiger partial charge in [0.2, 0.25) is 0 Å². The number of hydrogen-bond acceptors (Lipinski definition) is 3. The number of aliphatic imine (C=N–C) groups is 1. The quantitative estimate of drug-likeness (QED) is 0.612. The van der Waals surface area contributed by atoms with Gasteiger partial charge in [-0.25, -0.2) is 0 Å². The topological polar surface area (TPSA) is 44.0 Å². The number of rotatable bonds is 6. The number of nitrogens with zero attached hydrogens (tertiary/aromatic N) is 3. The van der Waals surface area contributed by atoms with Gasteiger partial charge in [0.25, 0.3) is 0 Å². The maximum absolute atomic E-state index is 12.7. The molecule has 0 saturated heterocycles. The largest absolute Gasteiger partial charge is 0.468 e. The highest BCUT2D eigenvalue weighted by Gasteiger charge is 2.30. The minimum atomic E-state index is -4.32. The van der Waals surface area contributed by atoms with E-state index in [-0.39, 0.29) is 6.04 Å². The number of benzene rings is 1. The van der Waals surface area contributed by atoms with Gasteiger partial charge in [0.1, 0.15) is 5.76 Å². The Morgan fingerprint density at radius 1 is 1.15 bits per heavy atom. The van der Waals surface area contributed by atoms with Crippen molar-refractivity contribution in [3.8, 4) is 0 Å². The Balaban J connectivity index is 1.98. The number of furan rings is 1. The van der Waals surface area contributed by atoms with Gasteiger partial charge >= 0.3 is 6.18 Å². The lowest BCUT2D eigenvalue weighted by Gasteiger charge is -2.27. The van der Waals surface area contributed by atoms with E-state index >= 15 is 0 Å². The van der Waals surface area contributed by atoms with E-state index in [0.29, 0.717) is 19.0 Å². The molecule has 0 saturated carbocycles. The van der Waals surface area contributed by atoms with Crippen LogP contribution in [0.3, 0.4) is 0 Å². The predicted octanol–water partition coefficient (Wildman–Crippen LogP) is 3.61. The lowest BCUT2D eigenvalue weighted by atomic mass is 10.1. The van der Waals surface area contributed by atoms with E-state index in [4.69, 9.17) is 4.42 Å². The molecule has 1 unspecified atom stereocenters. The van der Waals surface area contributed by atoms with Crippen LogP contribution in [0.15, 0.2) is 52.1 Å². The highest BCUT2D eigenvalue weighted by Crippen LogP contribution is 2.29. The van der Waals surface area contributed by atoms with Gasteiger partial charge in [0.15, 0.2) is 5.96 Å². The van der Waals surface area contributed by atoms with Crippen LogP contribution < -0.4 is 5.32 Å². The zero-order chi connectivity index (χ0) is 20.0. The molecule has 0 aliphatic carbocycles. The average Bonchev–Trinajstić information content (AvgIpc) is 3.12. The molecular formula is C19H25F3N4O. The summed E-state index contributed by atoms with van der Waals surface area (Å²) in [7, 11) is 7.43. The van der Waals surface area contributed by atoms with Crippen molar-refractivity contribution >= 4 is 5.96 Å². The summed E-state index contributed by atoms with van der Waals surface area (Å²) in [6, 6.07) is 8.95. The molecule has 27 heavy (non-hydrogen) atoms. The van der Waals surface area contributed by atoms with E-state index in [2.05, 4.69) is 10.3 Å². The monoisotopic (exact) mass is 382 g/mol. The molecule has 0 aliphatic heterocycles. The van der Waals surface area contributed by atoms with Crippen LogP contribution in [0.5, 0.6) is 0 Å². The molecule has 1 aromatic heterocycles.